The van der Waals surface area contributed by atoms with Gasteiger partial charge in [0.2, 0.25) is 0 Å². The summed E-state index contributed by atoms with van der Waals surface area (Å²) < 4.78 is 18.9. The van der Waals surface area contributed by atoms with Crippen molar-refractivity contribution in [2.45, 2.75) is 39.3 Å². The quantitative estimate of drug-likeness (QED) is 0.765. The monoisotopic (exact) mass is 305 g/mol. The van der Waals surface area contributed by atoms with Crippen molar-refractivity contribution in [3.8, 4) is 0 Å². The van der Waals surface area contributed by atoms with Crippen LogP contribution in [0.25, 0.3) is 0 Å². The standard InChI is InChI=1S/C14H21ClFNO3/c1-6-7-10(12(16)9(2)15)11(8-18)17-13(19)20-14(3,4)5/h6-7,11,18H,2,8H2,1,3-5H3,(H,17,19)/b7-6-,12-10-. The lowest BCUT2D eigenvalue weighted by atomic mass is 10.1. The van der Waals surface area contributed by atoms with Crippen LogP contribution in [0.1, 0.15) is 27.7 Å². The van der Waals surface area contributed by atoms with Gasteiger partial charge < -0.3 is 15.2 Å². The molecule has 0 rings (SSSR count). The van der Waals surface area contributed by atoms with Crippen molar-refractivity contribution in [2.75, 3.05) is 6.61 Å². The minimum absolute atomic E-state index is 0.0286. The van der Waals surface area contributed by atoms with Gasteiger partial charge in [-0.25, -0.2) is 9.18 Å². The molecule has 1 unspecified atom stereocenters. The van der Waals surface area contributed by atoms with Crippen molar-refractivity contribution in [3.63, 3.8) is 0 Å². The van der Waals surface area contributed by atoms with Crippen LogP contribution < -0.4 is 5.32 Å². The Morgan fingerprint density at radius 1 is 1.55 bits per heavy atom. The van der Waals surface area contributed by atoms with Crippen molar-refractivity contribution in [3.05, 3.63) is 35.2 Å². The lowest BCUT2D eigenvalue weighted by Crippen LogP contribution is -2.42. The fourth-order valence-corrected chi connectivity index (χ4v) is 1.46. The minimum Gasteiger partial charge on any atom is -0.444 e. The van der Waals surface area contributed by atoms with E-state index in [-0.39, 0.29) is 10.6 Å². The Morgan fingerprint density at radius 3 is 2.45 bits per heavy atom. The summed E-state index contributed by atoms with van der Waals surface area (Å²) in [6.07, 6.45) is 2.21. The van der Waals surface area contributed by atoms with Gasteiger partial charge in [0.15, 0.2) is 0 Å². The smallest absolute Gasteiger partial charge is 0.408 e. The highest BCUT2D eigenvalue weighted by Gasteiger charge is 2.23. The molecule has 1 atom stereocenters. The molecule has 0 radical (unpaired) electrons. The molecule has 0 aromatic rings. The molecule has 0 heterocycles. The van der Waals surface area contributed by atoms with Crippen LogP contribution in [-0.2, 0) is 4.74 Å². The topological polar surface area (TPSA) is 58.6 Å². The molecule has 114 valence electrons. The molecule has 0 saturated carbocycles. The Bertz CT molecular complexity index is 425. The number of carbonyl (C=O) groups is 1. The first-order valence-corrected chi connectivity index (χ1v) is 6.47. The van der Waals surface area contributed by atoms with Crippen LogP contribution in [0, 0.1) is 0 Å². The first-order chi connectivity index (χ1) is 9.12. The largest absolute Gasteiger partial charge is 0.444 e. The van der Waals surface area contributed by atoms with Gasteiger partial charge in [0.1, 0.15) is 11.4 Å². The van der Waals surface area contributed by atoms with Gasteiger partial charge in [-0.15, -0.1) is 0 Å². The summed E-state index contributed by atoms with van der Waals surface area (Å²) >= 11 is 5.52. The maximum Gasteiger partial charge on any atom is 0.408 e. The van der Waals surface area contributed by atoms with Crippen LogP contribution in [0.3, 0.4) is 0 Å². The number of ether oxygens (including phenoxy) is 1. The predicted molar refractivity (Wildman–Crippen MR) is 78.2 cm³/mol. The molecule has 0 fully saturated rings. The van der Waals surface area contributed by atoms with E-state index < -0.39 is 30.2 Å². The van der Waals surface area contributed by atoms with Crippen molar-refractivity contribution >= 4 is 17.7 Å². The molecule has 1 amide bonds. The van der Waals surface area contributed by atoms with Gasteiger partial charge in [-0.1, -0.05) is 30.3 Å². The number of allylic oxidation sites excluding steroid dienone is 3. The van der Waals surface area contributed by atoms with Crippen LogP contribution in [0.5, 0.6) is 0 Å². The number of aliphatic hydroxyl groups is 1. The normalized spacial score (nSPS) is 14.8. The van der Waals surface area contributed by atoms with Crippen molar-refractivity contribution in [1.29, 1.82) is 0 Å². The average molecular weight is 306 g/mol. The second kappa shape index (κ2) is 8.07. The lowest BCUT2D eigenvalue weighted by Gasteiger charge is -2.23. The molecule has 4 nitrogen and oxygen atoms in total. The zero-order chi connectivity index (χ0) is 15.9. The number of hydrogen-bond donors (Lipinski definition) is 2. The lowest BCUT2D eigenvalue weighted by molar-refractivity contribution is 0.0495. The van der Waals surface area contributed by atoms with Gasteiger partial charge in [-0.3, -0.25) is 0 Å². The molecule has 0 saturated heterocycles. The third kappa shape index (κ3) is 6.73. The van der Waals surface area contributed by atoms with Crippen LogP contribution in [0.2, 0.25) is 0 Å². The molecule has 0 spiro atoms. The van der Waals surface area contributed by atoms with E-state index in [2.05, 4.69) is 11.9 Å². The molecule has 0 aromatic heterocycles. The van der Waals surface area contributed by atoms with Gasteiger partial charge in [-0.2, -0.15) is 0 Å². The number of aliphatic hydroxyl groups excluding tert-OH is 1. The summed E-state index contributed by atoms with van der Waals surface area (Å²) in [4.78, 5) is 11.7. The Labute approximate surface area is 124 Å². The summed E-state index contributed by atoms with van der Waals surface area (Å²) in [6, 6.07) is -0.975. The third-order valence-electron chi connectivity index (χ3n) is 2.09. The molecule has 0 aliphatic rings. The first kappa shape index (κ1) is 18.7. The second-order valence-electron chi connectivity index (χ2n) is 5.06. The van der Waals surface area contributed by atoms with Crippen molar-refractivity contribution < 1.29 is 19.0 Å². The number of amides is 1. The van der Waals surface area contributed by atoms with Crippen LogP contribution in [-0.4, -0.2) is 29.4 Å². The highest BCUT2D eigenvalue weighted by Crippen LogP contribution is 2.22. The van der Waals surface area contributed by atoms with E-state index in [1.165, 1.54) is 6.08 Å². The minimum atomic E-state index is -0.975. The number of rotatable bonds is 5. The number of alkyl carbamates (subject to hydrolysis) is 1. The zero-order valence-electron chi connectivity index (χ0n) is 12.2. The van der Waals surface area contributed by atoms with Crippen molar-refractivity contribution in [1.82, 2.24) is 5.32 Å². The van der Waals surface area contributed by atoms with Gasteiger partial charge in [0.05, 0.1) is 17.7 Å². The molecular formula is C14H21ClFNO3. The Kier molecular flexibility index (Phi) is 7.53. The van der Waals surface area contributed by atoms with E-state index in [0.717, 1.165) is 0 Å². The van der Waals surface area contributed by atoms with E-state index in [9.17, 15) is 14.3 Å². The van der Waals surface area contributed by atoms with Crippen molar-refractivity contribution in [2.24, 2.45) is 0 Å². The zero-order valence-corrected chi connectivity index (χ0v) is 12.9. The summed E-state index contributed by atoms with van der Waals surface area (Å²) in [7, 11) is 0. The van der Waals surface area contributed by atoms with Gasteiger partial charge >= 0.3 is 6.09 Å². The number of hydrogen-bond acceptors (Lipinski definition) is 3. The maximum absolute atomic E-state index is 13.9. The molecule has 20 heavy (non-hydrogen) atoms. The second-order valence-corrected chi connectivity index (χ2v) is 5.51. The fourth-order valence-electron chi connectivity index (χ4n) is 1.35. The summed E-state index contributed by atoms with van der Waals surface area (Å²) in [5.74, 6) is -0.792. The highest BCUT2D eigenvalue weighted by molar-refractivity contribution is 6.31. The van der Waals surface area contributed by atoms with E-state index in [1.807, 2.05) is 0 Å². The number of carbonyl (C=O) groups excluding carboxylic acids is 1. The summed E-state index contributed by atoms with van der Waals surface area (Å²) in [6.45, 7) is 9.55. The number of nitrogens with one attached hydrogen (secondary N) is 1. The van der Waals surface area contributed by atoms with E-state index >= 15 is 0 Å². The van der Waals surface area contributed by atoms with Crippen LogP contribution in [0.4, 0.5) is 9.18 Å². The fraction of sp³-hybridized carbons (Fsp3) is 0.500. The molecular weight excluding hydrogens is 285 g/mol. The Balaban J connectivity index is 5.18. The Hall–Kier alpha value is -1.33. The third-order valence-corrected chi connectivity index (χ3v) is 2.25. The predicted octanol–water partition coefficient (Wildman–Crippen LogP) is 3.42. The Morgan fingerprint density at radius 2 is 2.10 bits per heavy atom. The summed E-state index contributed by atoms with van der Waals surface area (Å²) in [5.41, 5.74) is -0.663. The molecule has 0 aliphatic carbocycles. The van der Waals surface area contributed by atoms with Gasteiger partial charge in [0.25, 0.3) is 0 Å². The van der Waals surface area contributed by atoms with Crippen LogP contribution >= 0.6 is 11.6 Å². The SMILES string of the molecule is C=C(Cl)/C(F)=C(\C=C/C)C(CO)NC(=O)OC(C)(C)C. The average Bonchev–Trinajstić information content (AvgIpc) is 2.30. The first-order valence-electron chi connectivity index (χ1n) is 6.10. The maximum atomic E-state index is 13.9. The highest BCUT2D eigenvalue weighted by atomic mass is 35.5. The van der Waals surface area contributed by atoms with E-state index in [0.29, 0.717) is 0 Å². The molecule has 2 N–H and O–H groups in total. The summed E-state index contributed by atoms with van der Waals surface area (Å²) in [5, 5.41) is 11.4. The molecule has 0 aromatic carbocycles. The molecule has 6 heteroatoms. The number of halogens is 2. The van der Waals surface area contributed by atoms with Gasteiger partial charge in [0, 0.05) is 5.57 Å². The van der Waals surface area contributed by atoms with Crippen LogP contribution in [0.15, 0.2) is 35.2 Å². The molecule has 0 bridgehead atoms. The van der Waals surface area contributed by atoms with E-state index in [1.54, 1.807) is 33.8 Å². The van der Waals surface area contributed by atoms with Gasteiger partial charge in [-0.05, 0) is 27.7 Å². The molecule has 0 aliphatic heterocycles. The van der Waals surface area contributed by atoms with E-state index in [4.69, 9.17) is 16.3 Å².